The molecule has 2 heterocycles. The Bertz CT molecular complexity index is 546. The summed E-state index contributed by atoms with van der Waals surface area (Å²) in [4.78, 5) is 1.36. The smallest absolute Gasteiger partial charge is 0.0796 e. The SMILES string of the molecule is CCCCCCc1cc(-c2cc(I)sc2Br)sc1Br. The van der Waals surface area contributed by atoms with Crippen molar-refractivity contribution in [3.05, 3.63) is 28.2 Å². The largest absolute Gasteiger partial charge is 0.128 e. The molecule has 104 valence electrons. The van der Waals surface area contributed by atoms with Crippen LogP contribution in [-0.2, 0) is 6.42 Å². The maximum atomic E-state index is 3.72. The third-order valence-corrected chi connectivity index (χ3v) is 7.57. The maximum Gasteiger partial charge on any atom is 0.0796 e. The van der Waals surface area contributed by atoms with Crippen LogP contribution in [0.25, 0.3) is 10.4 Å². The molecule has 0 saturated heterocycles. The summed E-state index contributed by atoms with van der Waals surface area (Å²) in [5, 5.41) is 0. The first kappa shape index (κ1) is 16.5. The summed E-state index contributed by atoms with van der Waals surface area (Å²) in [5.41, 5.74) is 2.80. The van der Waals surface area contributed by atoms with E-state index in [4.69, 9.17) is 0 Å². The highest BCUT2D eigenvalue weighted by molar-refractivity contribution is 14.1. The zero-order valence-electron chi connectivity index (χ0n) is 10.6. The van der Waals surface area contributed by atoms with Crippen LogP contribution in [0.1, 0.15) is 38.2 Å². The van der Waals surface area contributed by atoms with E-state index in [1.54, 1.807) is 11.3 Å². The van der Waals surface area contributed by atoms with Gasteiger partial charge in [-0.25, -0.2) is 0 Å². The molecule has 0 amide bonds. The molecule has 19 heavy (non-hydrogen) atoms. The summed E-state index contributed by atoms with van der Waals surface area (Å²) < 4.78 is 3.86. The highest BCUT2D eigenvalue weighted by atomic mass is 127. The summed E-state index contributed by atoms with van der Waals surface area (Å²) in [5.74, 6) is 0. The fourth-order valence-electron chi connectivity index (χ4n) is 1.96. The lowest BCUT2D eigenvalue weighted by Crippen LogP contribution is -1.83. The molecule has 0 N–H and O–H groups in total. The standard InChI is InChI=1S/C14H15Br2IS2/c1-2-3-4-5-6-9-7-11(18-13(9)15)10-8-12(17)19-14(10)16/h7-8H,2-6H2,1H3. The number of hydrogen-bond donors (Lipinski definition) is 0. The summed E-state index contributed by atoms with van der Waals surface area (Å²) in [6.45, 7) is 2.26. The van der Waals surface area contributed by atoms with E-state index in [1.165, 1.54) is 58.6 Å². The van der Waals surface area contributed by atoms with E-state index in [-0.39, 0.29) is 0 Å². The van der Waals surface area contributed by atoms with Crippen molar-refractivity contribution in [1.29, 1.82) is 0 Å². The lowest BCUT2D eigenvalue weighted by Gasteiger charge is -1.98. The Morgan fingerprint density at radius 2 is 1.84 bits per heavy atom. The van der Waals surface area contributed by atoms with Crippen LogP contribution in [-0.4, -0.2) is 0 Å². The third kappa shape index (κ3) is 4.53. The highest BCUT2D eigenvalue weighted by Crippen LogP contribution is 2.42. The van der Waals surface area contributed by atoms with Gasteiger partial charge >= 0.3 is 0 Å². The first-order chi connectivity index (χ1) is 9.11. The van der Waals surface area contributed by atoms with Crippen molar-refractivity contribution in [2.45, 2.75) is 39.0 Å². The minimum Gasteiger partial charge on any atom is -0.128 e. The highest BCUT2D eigenvalue weighted by Gasteiger charge is 2.13. The minimum atomic E-state index is 1.19. The summed E-state index contributed by atoms with van der Waals surface area (Å²) in [6.07, 6.45) is 6.48. The number of aryl methyl sites for hydroxylation is 1. The van der Waals surface area contributed by atoms with E-state index in [0.717, 1.165) is 0 Å². The van der Waals surface area contributed by atoms with Crippen LogP contribution >= 0.6 is 77.1 Å². The fourth-order valence-corrected chi connectivity index (χ4v) is 7.31. The molecule has 0 aliphatic rings. The molecule has 2 aromatic rings. The Labute approximate surface area is 153 Å². The van der Waals surface area contributed by atoms with E-state index in [1.807, 2.05) is 11.3 Å². The van der Waals surface area contributed by atoms with Gasteiger partial charge in [0.2, 0.25) is 0 Å². The lowest BCUT2D eigenvalue weighted by molar-refractivity contribution is 0.667. The van der Waals surface area contributed by atoms with Gasteiger partial charge in [-0.15, -0.1) is 22.7 Å². The molecule has 0 nitrogen and oxygen atoms in total. The van der Waals surface area contributed by atoms with Gasteiger partial charge in [0.25, 0.3) is 0 Å². The van der Waals surface area contributed by atoms with Crippen molar-refractivity contribution in [1.82, 2.24) is 0 Å². The fraction of sp³-hybridized carbons (Fsp3) is 0.429. The molecule has 0 aromatic carbocycles. The molecular weight excluding hydrogens is 519 g/mol. The van der Waals surface area contributed by atoms with E-state index < -0.39 is 0 Å². The Hall–Kier alpha value is 1.09. The van der Waals surface area contributed by atoms with Gasteiger partial charge in [-0.05, 0) is 85.0 Å². The van der Waals surface area contributed by atoms with E-state index in [9.17, 15) is 0 Å². The number of thiophene rings is 2. The molecule has 0 radical (unpaired) electrons. The normalized spacial score (nSPS) is 11.2. The van der Waals surface area contributed by atoms with Gasteiger partial charge in [-0.2, -0.15) is 0 Å². The molecule has 0 atom stereocenters. The zero-order chi connectivity index (χ0) is 13.8. The van der Waals surface area contributed by atoms with Crippen LogP contribution in [0, 0.1) is 2.88 Å². The second-order valence-electron chi connectivity index (χ2n) is 4.46. The molecule has 0 saturated carbocycles. The summed E-state index contributed by atoms with van der Waals surface area (Å²) in [6, 6.07) is 4.61. The van der Waals surface area contributed by atoms with Crippen molar-refractivity contribution in [3.63, 3.8) is 0 Å². The maximum absolute atomic E-state index is 3.72. The second kappa shape index (κ2) is 7.92. The van der Waals surface area contributed by atoms with Gasteiger partial charge in [0.15, 0.2) is 0 Å². The van der Waals surface area contributed by atoms with Crippen LogP contribution in [0.2, 0.25) is 0 Å². The van der Waals surface area contributed by atoms with Crippen molar-refractivity contribution >= 4 is 77.1 Å². The Balaban J connectivity index is 2.10. The Kier molecular flexibility index (Phi) is 6.86. The van der Waals surface area contributed by atoms with Gasteiger partial charge in [0.1, 0.15) is 0 Å². The summed E-state index contributed by atoms with van der Waals surface area (Å²) >= 11 is 13.4. The van der Waals surface area contributed by atoms with Gasteiger partial charge in [-0.3, -0.25) is 0 Å². The number of unbranched alkanes of at least 4 members (excludes halogenated alkanes) is 3. The van der Waals surface area contributed by atoms with Gasteiger partial charge in [-0.1, -0.05) is 26.2 Å². The summed E-state index contributed by atoms with van der Waals surface area (Å²) in [7, 11) is 0. The lowest BCUT2D eigenvalue weighted by atomic mass is 10.1. The van der Waals surface area contributed by atoms with Crippen LogP contribution in [0.4, 0.5) is 0 Å². The average Bonchev–Trinajstić information content (AvgIpc) is 2.88. The Morgan fingerprint density at radius 1 is 1.05 bits per heavy atom. The number of hydrogen-bond acceptors (Lipinski definition) is 2. The number of rotatable bonds is 6. The van der Waals surface area contributed by atoms with Gasteiger partial charge < -0.3 is 0 Å². The van der Waals surface area contributed by atoms with Crippen LogP contribution in [0.15, 0.2) is 19.7 Å². The van der Waals surface area contributed by atoms with Crippen LogP contribution in [0.5, 0.6) is 0 Å². The molecular formula is C14H15Br2IS2. The predicted octanol–water partition coefficient (Wildman–Crippen LogP) is 7.73. The van der Waals surface area contributed by atoms with Gasteiger partial charge in [0, 0.05) is 10.4 Å². The first-order valence-corrected chi connectivity index (χ1v) is 10.6. The van der Waals surface area contributed by atoms with E-state index >= 15 is 0 Å². The molecule has 0 fully saturated rings. The Morgan fingerprint density at radius 3 is 2.47 bits per heavy atom. The molecule has 0 spiro atoms. The predicted molar refractivity (Wildman–Crippen MR) is 104 cm³/mol. The first-order valence-electron chi connectivity index (χ1n) is 6.35. The molecule has 0 unspecified atom stereocenters. The monoisotopic (exact) mass is 532 g/mol. The van der Waals surface area contributed by atoms with Crippen LogP contribution < -0.4 is 0 Å². The molecule has 0 aliphatic carbocycles. The number of halogens is 3. The quantitative estimate of drug-likeness (QED) is 0.263. The third-order valence-electron chi connectivity index (χ3n) is 2.98. The van der Waals surface area contributed by atoms with Crippen molar-refractivity contribution < 1.29 is 0 Å². The van der Waals surface area contributed by atoms with E-state index in [2.05, 4.69) is 73.5 Å². The molecule has 0 bridgehead atoms. The van der Waals surface area contributed by atoms with Gasteiger partial charge in [0.05, 0.1) is 10.5 Å². The topological polar surface area (TPSA) is 0 Å². The molecule has 2 aromatic heterocycles. The van der Waals surface area contributed by atoms with Crippen molar-refractivity contribution in [3.8, 4) is 10.4 Å². The zero-order valence-corrected chi connectivity index (χ0v) is 17.6. The second-order valence-corrected chi connectivity index (χ2v) is 11.1. The molecule has 5 heteroatoms. The van der Waals surface area contributed by atoms with Crippen molar-refractivity contribution in [2.75, 3.05) is 0 Å². The average molecular weight is 534 g/mol. The minimum absolute atomic E-state index is 1.19. The molecule has 0 aliphatic heterocycles. The molecule has 2 rings (SSSR count). The van der Waals surface area contributed by atoms with Crippen LogP contribution in [0.3, 0.4) is 0 Å². The van der Waals surface area contributed by atoms with Crippen molar-refractivity contribution in [2.24, 2.45) is 0 Å². The van der Waals surface area contributed by atoms with E-state index in [0.29, 0.717) is 0 Å².